The predicted octanol–water partition coefficient (Wildman–Crippen LogP) is 3.88. The minimum Gasteiger partial charge on any atom is -0.381 e. The van der Waals surface area contributed by atoms with Gasteiger partial charge >= 0.3 is 0 Å². The first-order valence-corrected chi connectivity index (χ1v) is 5.33. The Balaban J connectivity index is 3.05. The Morgan fingerprint density at radius 1 is 1.00 bits per heavy atom. The number of allylic oxidation sites excluding steroid dienone is 4. The molecule has 0 aliphatic heterocycles. The van der Waals surface area contributed by atoms with Gasteiger partial charge in [-0.05, 0) is 25.7 Å². The molecule has 0 aromatic carbocycles. The van der Waals surface area contributed by atoms with Gasteiger partial charge in [0, 0.05) is 7.11 Å². The van der Waals surface area contributed by atoms with Crippen LogP contribution in [0, 0.1) is 0 Å². The Labute approximate surface area is 88.2 Å². The first-order chi connectivity index (χ1) is 6.91. The molecular formula is C13H22O. The van der Waals surface area contributed by atoms with E-state index in [0.717, 1.165) is 6.61 Å². The van der Waals surface area contributed by atoms with Gasteiger partial charge in [-0.1, -0.05) is 43.4 Å². The zero-order chi connectivity index (χ0) is 10.5. The summed E-state index contributed by atoms with van der Waals surface area (Å²) in [4.78, 5) is 0. The van der Waals surface area contributed by atoms with Gasteiger partial charge in [0.1, 0.15) is 0 Å². The second-order valence-corrected chi connectivity index (χ2v) is 3.23. The van der Waals surface area contributed by atoms with Crippen LogP contribution in [0.2, 0.25) is 0 Å². The molecule has 0 heterocycles. The summed E-state index contributed by atoms with van der Waals surface area (Å²) in [5.74, 6) is 0. The predicted molar refractivity (Wildman–Crippen MR) is 63.4 cm³/mol. The van der Waals surface area contributed by atoms with Gasteiger partial charge in [-0.3, -0.25) is 0 Å². The van der Waals surface area contributed by atoms with Gasteiger partial charge in [0.25, 0.3) is 0 Å². The molecule has 0 bridgehead atoms. The van der Waals surface area contributed by atoms with Crippen LogP contribution in [0.3, 0.4) is 0 Å². The molecule has 0 fully saturated rings. The highest BCUT2D eigenvalue weighted by molar-refractivity contribution is 4.96. The highest BCUT2D eigenvalue weighted by Crippen LogP contribution is 2.04. The van der Waals surface area contributed by atoms with Crippen LogP contribution in [-0.4, -0.2) is 13.7 Å². The summed E-state index contributed by atoms with van der Waals surface area (Å²) in [5.41, 5.74) is 0. The van der Waals surface area contributed by atoms with Crippen LogP contribution in [0.5, 0.6) is 0 Å². The maximum atomic E-state index is 4.91. The third kappa shape index (κ3) is 11.2. The number of ether oxygens (including phenoxy) is 1. The minimum absolute atomic E-state index is 0.738. The Morgan fingerprint density at radius 2 is 1.71 bits per heavy atom. The van der Waals surface area contributed by atoms with Gasteiger partial charge in [0.2, 0.25) is 0 Å². The van der Waals surface area contributed by atoms with E-state index in [2.05, 4.69) is 24.8 Å². The second kappa shape index (κ2) is 12.2. The van der Waals surface area contributed by atoms with Crippen molar-refractivity contribution in [3.8, 4) is 0 Å². The summed E-state index contributed by atoms with van der Waals surface area (Å²) >= 11 is 0. The molecule has 14 heavy (non-hydrogen) atoms. The monoisotopic (exact) mass is 194 g/mol. The van der Waals surface area contributed by atoms with Crippen LogP contribution in [0.4, 0.5) is 0 Å². The number of hydrogen-bond donors (Lipinski definition) is 0. The lowest BCUT2D eigenvalue weighted by atomic mass is 10.1. The van der Waals surface area contributed by atoms with Crippen LogP contribution >= 0.6 is 0 Å². The van der Waals surface area contributed by atoms with E-state index in [9.17, 15) is 0 Å². The Morgan fingerprint density at radius 3 is 2.36 bits per heavy atom. The zero-order valence-electron chi connectivity index (χ0n) is 9.24. The van der Waals surface area contributed by atoms with Crippen LogP contribution < -0.4 is 0 Å². The summed E-state index contributed by atoms with van der Waals surface area (Å²) in [7, 11) is 1.72. The topological polar surface area (TPSA) is 9.23 Å². The van der Waals surface area contributed by atoms with Crippen LogP contribution in [0.1, 0.15) is 32.1 Å². The van der Waals surface area contributed by atoms with Gasteiger partial charge in [0.15, 0.2) is 0 Å². The van der Waals surface area contributed by atoms with E-state index >= 15 is 0 Å². The molecule has 0 atom stereocenters. The highest BCUT2D eigenvalue weighted by atomic mass is 16.5. The smallest absolute Gasteiger partial charge is 0.0643 e. The van der Waals surface area contributed by atoms with Crippen molar-refractivity contribution in [2.45, 2.75) is 32.1 Å². The number of methoxy groups -OCH3 is 1. The van der Waals surface area contributed by atoms with E-state index in [1.54, 1.807) is 7.11 Å². The zero-order valence-corrected chi connectivity index (χ0v) is 9.24. The molecule has 0 N–H and O–H groups in total. The van der Waals surface area contributed by atoms with Crippen LogP contribution in [-0.2, 0) is 4.74 Å². The molecular weight excluding hydrogens is 172 g/mol. The first-order valence-electron chi connectivity index (χ1n) is 5.33. The molecule has 0 amide bonds. The molecule has 1 nitrogen and oxygen atoms in total. The van der Waals surface area contributed by atoms with Gasteiger partial charge in [-0.15, -0.1) is 0 Å². The van der Waals surface area contributed by atoms with E-state index in [-0.39, 0.29) is 0 Å². The summed E-state index contributed by atoms with van der Waals surface area (Å²) in [5, 5.41) is 0. The number of rotatable bonds is 9. The molecule has 80 valence electrons. The molecule has 0 aliphatic rings. The van der Waals surface area contributed by atoms with E-state index in [1.807, 2.05) is 12.2 Å². The lowest BCUT2D eigenvalue weighted by molar-refractivity contribution is 0.233. The number of hydrogen-bond acceptors (Lipinski definition) is 1. The van der Waals surface area contributed by atoms with Crippen molar-refractivity contribution in [3.05, 3.63) is 37.0 Å². The van der Waals surface area contributed by atoms with Crippen LogP contribution in [0.25, 0.3) is 0 Å². The maximum absolute atomic E-state index is 4.91. The molecule has 0 aromatic heterocycles. The maximum Gasteiger partial charge on any atom is 0.0643 e. The van der Waals surface area contributed by atoms with Crippen molar-refractivity contribution in [3.63, 3.8) is 0 Å². The van der Waals surface area contributed by atoms with E-state index in [4.69, 9.17) is 4.74 Å². The fourth-order valence-corrected chi connectivity index (χ4v) is 1.18. The lowest BCUT2D eigenvalue weighted by Gasteiger charge is -1.94. The lowest BCUT2D eigenvalue weighted by Crippen LogP contribution is -1.80. The molecule has 1 heteroatoms. The van der Waals surface area contributed by atoms with E-state index in [0.29, 0.717) is 0 Å². The molecule has 0 rings (SSSR count). The van der Waals surface area contributed by atoms with Crippen molar-refractivity contribution < 1.29 is 4.74 Å². The summed E-state index contributed by atoms with van der Waals surface area (Å²) < 4.78 is 4.91. The van der Waals surface area contributed by atoms with Gasteiger partial charge < -0.3 is 4.74 Å². The first kappa shape index (κ1) is 13.2. The molecule has 0 aliphatic carbocycles. The summed E-state index contributed by atoms with van der Waals surface area (Å²) in [6, 6.07) is 0. The fraction of sp³-hybridized carbons (Fsp3) is 0.538. The molecule has 0 radical (unpaired) electrons. The third-order valence-electron chi connectivity index (χ3n) is 1.94. The Kier molecular flexibility index (Phi) is 11.5. The van der Waals surface area contributed by atoms with Gasteiger partial charge in [-0.25, -0.2) is 0 Å². The standard InChI is InChI=1S/C13H22O/c1-3-4-5-6-7-8-9-10-11-12-13-14-2/h3-5,11-12H,1,6-10,13H2,2H3/b5-4+,12-11+. The average molecular weight is 194 g/mol. The highest BCUT2D eigenvalue weighted by Gasteiger charge is 1.85. The van der Waals surface area contributed by atoms with Crippen molar-refractivity contribution in [2.75, 3.05) is 13.7 Å². The molecule has 0 saturated carbocycles. The molecule has 0 saturated heterocycles. The second-order valence-electron chi connectivity index (χ2n) is 3.23. The number of unbranched alkanes of at least 4 members (excludes halogenated alkanes) is 4. The van der Waals surface area contributed by atoms with Crippen molar-refractivity contribution in [1.82, 2.24) is 0 Å². The molecule has 0 unspecified atom stereocenters. The van der Waals surface area contributed by atoms with Crippen molar-refractivity contribution in [2.24, 2.45) is 0 Å². The fourth-order valence-electron chi connectivity index (χ4n) is 1.18. The SMILES string of the molecule is C=C/C=C/CCCCC/C=C/COC. The molecule has 0 spiro atoms. The van der Waals surface area contributed by atoms with E-state index < -0.39 is 0 Å². The normalized spacial score (nSPS) is 11.5. The van der Waals surface area contributed by atoms with Crippen molar-refractivity contribution in [1.29, 1.82) is 0 Å². The van der Waals surface area contributed by atoms with Gasteiger partial charge in [0.05, 0.1) is 6.61 Å². The minimum atomic E-state index is 0.738. The quantitative estimate of drug-likeness (QED) is 0.307. The largest absolute Gasteiger partial charge is 0.381 e. The Hall–Kier alpha value is -0.820. The summed E-state index contributed by atoms with van der Waals surface area (Å²) in [6.45, 7) is 4.37. The van der Waals surface area contributed by atoms with E-state index in [1.165, 1.54) is 32.1 Å². The summed E-state index contributed by atoms with van der Waals surface area (Å²) in [6.07, 6.45) is 16.5. The van der Waals surface area contributed by atoms with Crippen molar-refractivity contribution >= 4 is 0 Å². The third-order valence-corrected chi connectivity index (χ3v) is 1.94. The van der Waals surface area contributed by atoms with Gasteiger partial charge in [-0.2, -0.15) is 0 Å². The Bertz CT molecular complexity index is 168. The van der Waals surface area contributed by atoms with Crippen LogP contribution in [0.15, 0.2) is 37.0 Å². The molecule has 0 aromatic rings. The average Bonchev–Trinajstić information content (AvgIpc) is 2.21.